The van der Waals surface area contributed by atoms with Gasteiger partial charge >= 0.3 is 0 Å². The minimum absolute atomic E-state index is 0.237. The number of hydrogen-bond acceptors (Lipinski definition) is 4. The second kappa shape index (κ2) is 8.40. The summed E-state index contributed by atoms with van der Waals surface area (Å²) < 4.78 is 30.7. The van der Waals surface area contributed by atoms with Gasteiger partial charge in [-0.05, 0) is 31.5 Å². The molecule has 1 aromatic rings. The number of halogens is 1. The summed E-state index contributed by atoms with van der Waals surface area (Å²) in [5.74, 6) is -0.0427. The zero-order valence-electron chi connectivity index (χ0n) is 13.8. The SMILES string of the molecule is CCCCNC(=O)C(C)N(c1cc(Cl)ccc1OC)S(C)(=O)=O. The molecule has 1 amide bonds. The number of nitrogens with zero attached hydrogens (tertiary/aromatic N) is 1. The number of benzene rings is 1. The zero-order valence-corrected chi connectivity index (χ0v) is 15.4. The molecule has 1 atom stereocenters. The number of carbonyl (C=O) groups excluding carboxylic acids is 1. The fourth-order valence-corrected chi connectivity index (χ4v) is 3.49. The van der Waals surface area contributed by atoms with Crippen LogP contribution in [0.25, 0.3) is 0 Å². The molecule has 1 rings (SSSR count). The van der Waals surface area contributed by atoms with Gasteiger partial charge in [0.2, 0.25) is 15.9 Å². The molecule has 0 saturated heterocycles. The van der Waals surface area contributed by atoms with Crippen LogP contribution in [0.4, 0.5) is 5.69 Å². The van der Waals surface area contributed by atoms with E-state index in [1.54, 1.807) is 12.1 Å². The molecule has 0 aliphatic rings. The smallest absolute Gasteiger partial charge is 0.243 e. The number of anilines is 1. The second-order valence-electron chi connectivity index (χ2n) is 5.20. The summed E-state index contributed by atoms with van der Waals surface area (Å²) in [6, 6.07) is 3.71. The fraction of sp³-hybridized carbons (Fsp3) is 0.533. The number of carbonyl (C=O) groups is 1. The van der Waals surface area contributed by atoms with Gasteiger partial charge in [0, 0.05) is 11.6 Å². The predicted octanol–water partition coefficient (Wildman–Crippen LogP) is 2.42. The van der Waals surface area contributed by atoms with E-state index in [-0.39, 0.29) is 11.6 Å². The minimum atomic E-state index is -3.71. The molecule has 0 radical (unpaired) electrons. The van der Waals surface area contributed by atoms with Crippen molar-refractivity contribution in [3.8, 4) is 5.75 Å². The normalized spacial score (nSPS) is 12.6. The Balaban J connectivity index is 3.21. The molecule has 130 valence electrons. The van der Waals surface area contributed by atoms with Gasteiger partial charge in [-0.1, -0.05) is 24.9 Å². The summed E-state index contributed by atoms with van der Waals surface area (Å²) in [6.45, 7) is 4.04. The maximum Gasteiger partial charge on any atom is 0.243 e. The highest BCUT2D eigenvalue weighted by Crippen LogP contribution is 2.34. The van der Waals surface area contributed by atoms with Gasteiger partial charge < -0.3 is 10.1 Å². The largest absolute Gasteiger partial charge is 0.495 e. The van der Waals surface area contributed by atoms with E-state index in [0.29, 0.717) is 17.3 Å². The van der Waals surface area contributed by atoms with Gasteiger partial charge in [-0.3, -0.25) is 9.10 Å². The number of nitrogens with one attached hydrogen (secondary N) is 1. The highest BCUT2D eigenvalue weighted by atomic mass is 35.5. The lowest BCUT2D eigenvalue weighted by atomic mass is 10.2. The summed E-state index contributed by atoms with van der Waals surface area (Å²) in [4.78, 5) is 12.3. The van der Waals surface area contributed by atoms with Crippen LogP contribution in [0.3, 0.4) is 0 Å². The van der Waals surface area contributed by atoms with E-state index in [1.165, 1.54) is 20.1 Å². The molecule has 0 saturated carbocycles. The maximum atomic E-state index is 12.3. The van der Waals surface area contributed by atoms with Gasteiger partial charge in [0.25, 0.3) is 0 Å². The van der Waals surface area contributed by atoms with Crippen LogP contribution in [-0.2, 0) is 14.8 Å². The van der Waals surface area contributed by atoms with Crippen molar-refractivity contribution in [2.45, 2.75) is 32.7 Å². The number of ether oxygens (including phenoxy) is 1. The monoisotopic (exact) mass is 362 g/mol. The van der Waals surface area contributed by atoms with Crippen LogP contribution < -0.4 is 14.4 Å². The quantitative estimate of drug-likeness (QED) is 0.720. The Morgan fingerprint density at radius 1 is 1.43 bits per heavy atom. The van der Waals surface area contributed by atoms with E-state index >= 15 is 0 Å². The first-order chi connectivity index (χ1) is 10.7. The molecule has 0 heterocycles. The van der Waals surface area contributed by atoms with Gasteiger partial charge in [-0.2, -0.15) is 0 Å². The van der Waals surface area contributed by atoms with Crippen molar-refractivity contribution in [2.24, 2.45) is 0 Å². The summed E-state index contributed by atoms with van der Waals surface area (Å²) in [6.07, 6.45) is 2.81. The lowest BCUT2D eigenvalue weighted by Crippen LogP contribution is -2.48. The molecular formula is C15H23ClN2O4S. The van der Waals surface area contributed by atoms with Gasteiger partial charge in [0.05, 0.1) is 19.1 Å². The van der Waals surface area contributed by atoms with Crippen LogP contribution in [0.2, 0.25) is 5.02 Å². The molecule has 0 bridgehead atoms. The number of amides is 1. The van der Waals surface area contributed by atoms with Crippen LogP contribution in [0.15, 0.2) is 18.2 Å². The average molecular weight is 363 g/mol. The van der Waals surface area contributed by atoms with Gasteiger partial charge in [0.15, 0.2) is 0 Å². The van der Waals surface area contributed by atoms with Gasteiger partial charge in [-0.15, -0.1) is 0 Å². The number of sulfonamides is 1. The Morgan fingerprint density at radius 2 is 2.09 bits per heavy atom. The van der Waals surface area contributed by atoms with Crippen molar-refractivity contribution in [3.63, 3.8) is 0 Å². The molecule has 8 heteroatoms. The Hall–Kier alpha value is -1.47. The van der Waals surface area contributed by atoms with Crippen LogP contribution >= 0.6 is 11.6 Å². The van der Waals surface area contributed by atoms with E-state index in [9.17, 15) is 13.2 Å². The molecule has 0 aromatic heterocycles. The molecule has 0 aliphatic carbocycles. The van der Waals surface area contributed by atoms with Crippen LogP contribution in [0.5, 0.6) is 5.75 Å². The van der Waals surface area contributed by atoms with E-state index in [1.807, 2.05) is 6.92 Å². The van der Waals surface area contributed by atoms with Crippen molar-refractivity contribution < 1.29 is 17.9 Å². The van der Waals surface area contributed by atoms with Crippen molar-refractivity contribution in [1.82, 2.24) is 5.32 Å². The van der Waals surface area contributed by atoms with Crippen molar-refractivity contribution in [3.05, 3.63) is 23.2 Å². The van der Waals surface area contributed by atoms with Crippen molar-refractivity contribution in [2.75, 3.05) is 24.2 Å². The third-order valence-electron chi connectivity index (χ3n) is 3.30. The number of rotatable bonds is 8. The Bertz CT molecular complexity index is 649. The summed E-state index contributed by atoms with van der Waals surface area (Å²) in [7, 11) is -2.28. The second-order valence-corrected chi connectivity index (χ2v) is 7.49. The van der Waals surface area contributed by atoms with Crippen LogP contribution in [0, 0.1) is 0 Å². The molecule has 0 fully saturated rings. The highest BCUT2D eigenvalue weighted by molar-refractivity contribution is 7.92. The topological polar surface area (TPSA) is 75.7 Å². The highest BCUT2D eigenvalue weighted by Gasteiger charge is 2.31. The van der Waals surface area contributed by atoms with E-state index < -0.39 is 16.1 Å². The third kappa shape index (κ3) is 5.28. The third-order valence-corrected chi connectivity index (χ3v) is 4.76. The predicted molar refractivity (Wildman–Crippen MR) is 92.7 cm³/mol. The van der Waals surface area contributed by atoms with Crippen LogP contribution in [-0.4, -0.2) is 40.3 Å². The Kier molecular flexibility index (Phi) is 7.15. The Morgan fingerprint density at radius 3 is 2.61 bits per heavy atom. The first-order valence-corrected chi connectivity index (χ1v) is 9.55. The summed E-state index contributed by atoms with van der Waals surface area (Å²) >= 11 is 5.98. The minimum Gasteiger partial charge on any atom is -0.495 e. The van der Waals surface area contributed by atoms with E-state index in [4.69, 9.17) is 16.3 Å². The first kappa shape index (κ1) is 19.6. The van der Waals surface area contributed by atoms with Crippen molar-refractivity contribution >= 4 is 33.2 Å². The standard InChI is InChI=1S/C15H23ClN2O4S/c1-5-6-9-17-15(19)11(2)18(23(4,20)21)13-10-12(16)7-8-14(13)22-3/h7-8,10-11H,5-6,9H2,1-4H3,(H,17,19). The molecule has 1 aromatic carbocycles. The lowest BCUT2D eigenvalue weighted by molar-refractivity contribution is -0.121. The van der Waals surface area contributed by atoms with Crippen LogP contribution in [0.1, 0.15) is 26.7 Å². The zero-order chi connectivity index (χ0) is 17.6. The number of methoxy groups -OCH3 is 1. The molecule has 0 spiro atoms. The maximum absolute atomic E-state index is 12.3. The van der Waals surface area contributed by atoms with Gasteiger partial charge in [-0.25, -0.2) is 8.42 Å². The van der Waals surface area contributed by atoms with Crippen molar-refractivity contribution in [1.29, 1.82) is 0 Å². The molecule has 0 aliphatic heterocycles. The lowest BCUT2D eigenvalue weighted by Gasteiger charge is -2.29. The first-order valence-electron chi connectivity index (χ1n) is 7.33. The number of hydrogen-bond donors (Lipinski definition) is 1. The van der Waals surface area contributed by atoms with E-state index in [2.05, 4.69) is 5.32 Å². The molecule has 23 heavy (non-hydrogen) atoms. The average Bonchev–Trinajstić information content (AvgIpc) is 2.46. The molecular weight excluding hydrogens is 340 g/mol. The van der Waals surface area contributed by atoms with Gasteiger partial charge in [0.1, 0.15) is 11.8 Å². The number of unbranched alkanes of at least 4 members (excludes halogenated alkanes) is 1. The molecule has 1 N–H and O–H groups in total. The summed E-state index contributed by atoms with van der Waals surface area (Å²) in [5, 5.41) is 3.09. The fourth-order valence-electron chi connectivity index (χ4n) is 2.15. The molecule has 1 unspecified atom stereocenters. The summed E-state index contributed by atoms with van der Waals surface area (Å²) in [5.41, 5.74) is 0.237. The Labute approximate surface area is 142 Å². The molecule has 6 nitrogen and oxygen atoms in total. The van der Waals surface area contributed by atoms with E-state index in [0.717, 1.165) is 23.4 Å².